The second-order valence-corrected chi connectivity index (χ2v) is 5.90. The molecule has 6 heteroatoms. The zero-order valence-corrected chi connectivity index (χ0v) is 12.1. The molecule has 2 saturated heterocycles. The molecule has 1 atom stereocenters. The Hall–Kier alpha value is -1.95. The average molecular weight is 288 g/mol. The van der Waals surface area contributed by atoms with Crippen LogP contribution < -0.4 is 10.6 Å². The third kappa shape index (κ3) is 2.51. The van der Waals surface area contributed by atoms with Gasteiger partial charge in [-0.1, -0.05) is 0 Å². The van der Waals surface area contributed by atoms with Crippen LogP contribution in [-0.4, -0.2) is 40.5 Å². The Bertz CT molecular complexity index is 542. The maximum atomic E-state index is 12.7. The molecular formula is C15H20N4O2. The van der Waals surface area contributed by atoms with Crippen molar-refractivity contribution in [2.45, 2.75) is 31.8 Å². The second-order valence-electron chi connectivity index (χ2n) is 5.90. The molecule has 6 nitrogen and oxygen atoms in total. The van der Waals surface area contributed by atoms with Crippen LogP contribution in [0.3, 0.4) is 0 Å². The largest absolute Gasteiger partial charge is 0.325 e. The normalized spacial score (nSPS) is 27.0. The van der Waals surface area contributed by atoms with Crippen molar-refractivity contribution in [3.8, 4) is 0 Å². The van der Waals surface area contributed by atoms with Gasteiger partial charge in [-0.3, -0.25) is 14.7 Å². The number of pyridine rings is 1. The Morgan fingerprint density at radius 2 is 1.95 bits per heavy atom. The minimum absolute atomic E-state index is 0.115. The first-order valence-electron chi connectivity index (χ1n) is 7.35. The number of hydrogen-bond donors (Lipinski definition) is 2. The summed E-state index contributed by atoms with van der Waals surface area (Å²) in [6, 6.07) is 3.35. The van der Waals surface area contributed by atoms with E-state index in [2.05, 4.69) is 15.6 Å². The van der Waals surface area contributed by atoms with Crippen LogP contribution in [0.25, 0.3) is 0 Å². The Labute approximate surface area is 123 Å². The molecule has 21 heavy (non-hydrogen) atoms. The van der Waals surface area contributed by atoms with Crippen molar-refractivity contribution in [2.24, 2.45) is 5.92 Å². The lowest BCUT2D eigenvalue weighted by Crippen LogP contribution is -2.53. The number of carbonyl (C=O) groups is 2. The summed E-state index contributed by atoms with van der Waals surface area (Å²) >= 11 is 0. The number of nitrogens with zero attached hydrogens (tertiary/aromatic N) is 2. The predicted molar refractivity (Wildman–Crippen MR) is 77.3 cm³/mol. The summed E-state index contributed by atoms with van der Waals surface area (Å²) in [5, 5.41) is 6.20. The van der Waals surface area contributed by atoms with E-state index < -0.39 is 5.54 Å². The van der Waals surface area contributed by atoms with Gasteiger partial charge in [-0.05, 0) is 56.5 Å². The van der Waals surface area contributed by atoms with Gasteiger partial charge in [-0.2, -0.15) is 0 Å². The lowest BCUT2D eigenvalue weighted by molar-refractivity contribution is -0.133. The first-order valence-corrected chi connectivity index (χ1v) is 7.35. The van der Waals surface area contributed by atoms with E-state index in [0.717, 1.165) is 31.5 Å². The van der Waals surface area contributed by atoms with Crippen LogP contribution in [0.5, 0.6) is 0 Å². The summed E-state index contributed by atoms with van der Waals surface area (Å²) in [6.07, 6.45) is 5.15. The standard InChI is InChI=1S/C15H20N4O2/c1-15(12-4-8-17-9-5-12)13(20)19(14(21)18-15)10-11-2-6-16-7-3-11/h2-3,6-7,12,17H,4-5,8-10H2,1H3,(H,18,21). The minimum Gasteiger partial charge on any atom is -0.323 e. The third-order valence-corrected chi connectivity index (χ3v) is 4.55. The van der Waals surface area contributed by atoms with Crippen LogP contribution in [0.2, 0.25) is 0 Å². The molecule has 3 heterocycles. The number of nitrogens with one attached hydrogen (secondary N) is 2. The van der Waals surface area contributed by atoms with E-state index in [9.17, 15) is 9.59 Å². The lowest BCUT2D eigenvalue weighted by atomic mass is 9.79. The summed E-state index contributed by atoms with van der Waals surface area (Å²) in [6.45, 7) is 3.95. The first-order chi connectivity index (χ1) is 10.1. The molecular weight excluding hydrogens is 268 g/mol. The molecule has 0 bridgehead atoms. The fourth-order valence-electron chi connectivity index (χ4n) is 3.21. The molecule has 0 radical (unpaired) electrons. The monoisotopic (exact) mass is 288 g/mol. The van der Waals surface area contributed by atoms with Crippen LogP contribution in [0.15, 0.2) is 24.5 Å². The number of aromatic nitrogens is 1. The van der Waals surface area contributed by atoms with Crippen molar-refractivity contribution >= 4 is 11.9 Å². The zero-order chi connectivity index (χ0) is 14.9. The van der Waals surface area contributed by atoms with Gasteiger partial charge in [0.15, 0.2) is 0 Å². The number of piperidine rings is 1. The van der Waals surface area contributed by atoms with Crippen LogP contribution in [0.4, 0.5) is 4.79 Å². The van der Waals surface area contributed by atoms with E-state index in [1.54, 1.807) is 12.4 Å². The van der Waals surface area contributed by atoms with Gasteiger partial charge in [0.2, 0.25) is 0 Å². The quantitative estimate of drug-likeness (QED) is 0.810. The fraction of sp³-hybridized carbons (Fsp3) is 0.533. The molecule has 2 N–H and O–H groups in total. The van der Waals surface area contributed by atoms with E-state index in [1.807, 2.05) is 19.1 Å². The number of imide groups is 1. The minimum atomic E-state index is -0.772. The topological polar surface area (TPSA) is 74.3 Å². The Morgan fingerprint density at radius 1 is 1.29 bits per heavy atom. The zero-order valence-electron chi connectivity index (χ0n) is 12.1. The molecule has 1 unspecified atom stereocenters. The maximum absolute atomic E-state index is 12.7. The summed E-state index contributed by atoms with van der Waals surface area (Å²) < 4.78 is 0. The second kappa shape index (κ2) is 5.44. The van der Waals surface area contributed by atoms with Crippen molar-refractivity contribution < 1.29 is 9.59 Å². The smallest absolute Gasteiger partial charge is 0.323 e. The van der Waals surface area contributed by atoms with E-state index >= 15 is 0 Å². The SMILES string of the molecule is CC1(C2CCNCC2)NC(=O)N(Cc2ccncc2)C1=O. The van der Waals surface area contributed by atoms with E-state index in [0.29, 0.717) is 6.54 Å². The first kappa shape index (κ1) is 14.0. The highest BCUT2D eigenvalue weighted by atomic mass is 16.2. The molecule has 3 amide bonds. The van der Waals surface area contributed by atoms with E-state index in [4.69, 9.17) is 0 Å². The average Bonchev–Trinajstić information content (AvgIpc) is 2.74. The third-order valence-electron chi connectivity index (χ3n) is 4.55. The van der Waals surface area contributed by atoms with E-state index in [1.165, 1.54) is 4.90 Å². The summed E-state index contributed by atoms with van der Waals surface area (Å²) in [5.41, 5.74) is 0.134. The highest BCUT2D eigenvalue weighted by Crippen LogP contribution is 2.32. The van der Waals surface area contributed by atoms with Crippen LogP contribution in [0, 0.1) is 5.92 Å². The fourth-order valence-corrected chi connectivity index (χ4v) is 3.21. The molecule has 2 aliphatic rings. The number of carbonyl (C=O) groups excluding carboxylic acids is 2. The van der Waals surface area contributed by atoms with Crippen molar-refractivity contribution in [2.75, 3.05) is 13.1 Å². The number of urea groups is 1. The highest BCUT2D eigenvalue weighted by molar-refractivity contribution is 6.06. The molecule has 3 rings (SSSR count). The Balaban J connectivity index is 1.78. The maximum Gasteiger partial charge on any atom is 0.325 e. The molecule has 0 aliphatic carbocycles. The molecule has 112 valence electrons. The molecule has 0 saturated carbocycles. The van der Waals surface area contributed by atoms with E-state index in [-0.39, 0.29) is 17.9 Å². The van der Waals surface area contributed by atoms with Gasteiger partial charge >= 0.3 is 6.03 Å². The Morgan fingerprint density at radius 3 is 2.62 bits per heavy atom. The summed E-state index contributed by atoms with van der Waals surface area (Å²) in [5.74, 6) is 0.0776. The van der Waals surface area contributed by atoms with Crippen LogP contribution in [-0.2, 0) is 11.3 Å². The number of hydrogen-bond acceptors (Lipinski definition) is 4. The highest BCUT2D eigenvalue weighted by Gasteiger charge is 2.52. The Kier molecular flexibility index (Phi) is 3.63. The van der Waals surface area contributed by atoms with Crippen molar-refractivity contribution in [3.05, 3.63) is 30.1 Å². The van der Waals surface area contributed by atoms with Crippen molar-refractivity contribution in [1.82, 2.24) is 20.5 Å². The van der Waals surface area contributed by atoms with Gasteiger partial charge < -0.3 is 10.6 Å². The predicted octanol–water partition coefficient (Wildman–Crippen LogP) is 0.892. The van der Waals surface area contributed by atoms with Gasteiger partial charge in [0, 0.05) is 12.4 Å². The summed E-state index contributed by atoms with van der Waals surface area (Å²) in [7, 11) is 0. The molecule has 0 aromatic carbocycles. The van der Waals surface area contributed by atoms with Crippen LogP contribution >= 0.6 is 0 Å². The van der Waals surface area contributed by atoms with Gasteiger partial charge in [-0.15, -0.1) is 0 Å². The van der Waals surface area contributed by atoms with Gasteiger partial charge in [0.25, 0.3) is 5.91 Å². The molecule has 2 aliphatic heterocycles. The van der Waals surface area contributed by atoms with Gasteiger partial charge in [-0.25, -0.2) is 4.79 Å². The molecule has 1 aromatic heterocycles. The van der Waals surface area contributed by atoms with Crippen molar-refractivity contribution in [1.29, 1.82) is 0 Å². The van der Waals surface area contributed by atoms with Gasteiger partial charge in [0.1, 0.15) is 5.54 Å². The summed E-state index contributed by atoms with van der Waals surface area (Å²) in [4.78, 5) is 30.2. The van der Waals surface area contributed by atoms with Gasteiger partial charge in [0.05, 0.1) is 6.54 Å². The van der Waals surface area contributed by atoms with Crippen molar-refractivity contribution in [3.63, 3.8) is 0 Å². The lowest BCUT2D eigenvalue weighted by Gasteiger charge is -2.34. The molecule has 1 aromatic rings. The number of amides is 3. The number of rotatable bonds is 3. The van der Waals surface area contributed by atoms with Crippen LogP contribution in [0.1, 0.15) is 25.3 Å². The molecule has 0 spiro atoms. The molecule has 2 fully saturated rings.